The molecule has 9 heteroatoms. The van der Waals surface area contributed by atoms with Crippen LogP contribution in [0.5, 0.6) is 11.5 Å². The summed E-state index contributed by atoms with van der Waals surface area (Å²) in [5.41, 5.74) is 1.91. The molecular weight excluding hydrogens is 418 g/mol. The number of nitrogens with zero attached hydrogens (tertiary/aromatic N) is 3. The van der Waals surface area contributed by atoms with Crippen molar-refractivity contribution in [2.45, 2.75) is 0 Å². The third-order valence-electron chi connectivity index (χ3n) is 4.79. The number of hydrogen-bond donors (Lipinski definition) is 1. The highest BCUT2D eigenvalue weighted by Gasteiger charge is 2.17. The van der Waals surface area contributed by atoms with Gasteiger partial charge in [-0.1, -0.05) is 11.3 Å². The molecule has 1 heterocycles. The first-order valence-corrected chi connectivity index (χ1v) is 9.50. The van der Waals surface area contributed by atoms with E-state index in [0.29, 0.717) is 28.6 Å². The van der Waals surface area contributed by atoms with Crippen LogP contribution in [0.1, 0.15) is 10.4 Å². The summed E-state index contributed by atoms with van der Waals surface area (Å²) in [5.74, 6) is -1.57. The molecule has 0 saturated heterocycles. The number of halogens is 2. The van der Waals surface area contributed by atoms with Gasteiger partial charge in [-0.05, 0) is 54.6 Å². The number of nitrogens with one attached hydrogen (secondary N) is 1. The third-order valence-corrected chi connectivity index (χ3v) is 4.79. The zero-order chi connectivity index (χ0) is 22.7. The Balaban J connectivity index is 1.59. The average Bonchev–Trinajstić information content (AvgIpc) is 3.29. The van der Waals surface area contributed by atoms with E-state index in [9.17, 15) is 13.6 Å². The summed E-state index contributed by atoms with van der Waals surface area (Å²) in [5, 5.41) is 10.6. The van der Waals surface area contributed by atoms with Gasteiger partial charge in [0.15, 0.2) is 11.5 Å². The summed E-state index contributed by atoms with van der Waals surface area (Å²) in [4.78, 5) is 12.3. The van der Waals surface area contributed by atoms with E-state index in [1.165, 1.54) is 6.07 Å². The molecule has 32 heavy (non-hydrogen) atoms. The van der Waals surface area contributed by atoms with Crippen molar-refractivity contribution >= 4 is 11.6 Å². The first-order valence-electron chi connectivity index (χ1n) is 9.50. The predicted octanol–water partition coefficient (Wildman–Crippen LogP) is 4.48. The minimum absolute atomic E-state index is 0.370. The number of anilines is 1. The Bertz CT molecular complexity index is 1250. The fourth-order valence-electron chi connectivity index (χ4n) is 3.21. The maximum atomic E-state index is 13.8. The Morgan fingerprint density at radius 3 is 2.28 bits per heavy atom. The Labute approximate surface area is 182 Å². The number of aromatic nitrogens is 3. The standard InChI is InChI=1S/C23H18F2N4O3/c1-31-20-11-6-14(12-21(20)32-2)19-13-26-28-29(19)16-9-7-15(8-10-16)27-23(30)22-17(24)4-3-5-18(22)25/h3-13H,1-2H3,(H,27,30). The molecule has 4 aromatic rings. The highest BCUT2D eigenvalue weighted by molar-refractivity contribution is 6.04. The number of amides is 1. The van der Waals surface area contributed by atoms with E-state index in [1.54, 1.807) is 55.4 Å². The van der Waals surface area contributed by atoms with Crippen LogP contribution in [0.25, 0.3) is 16.9 Å². The molecule has 4 rings (SSSR count). The summed E-state index contributed by atoms with van der Waals surface area (Å²) in [6.45, 7) is 0. The molecular formula is C23H18F2N4O3. The quantitative estimate of drug-likeness (QED) is 0.482. The maximum Gasteiger partial charge on any atom is 0.261 e. The van der Waals surface area contributed by atoms with Gasteiger partial charge in [-0.3, -0.25) is 4.79 Å². The molecule has 0 aliphatic heterocycles. The van der Waals surface area contributed by atoms with Crippen molar-refractivity contribution in [1.29, 1.82) is 0 Å². The molecule has 0 fully saturated rings. The minimum Gasteiger partial charge on any atom is -0.493 e. The predicted molar refractivity (Wildman–Crippen MR) is 114 cm³/mol. The van der Waals surface area contributed by atoms with Gasteiger partial charge in [0.2, 0.25) is 0 Å². The van der Waals surface area contributed by atoms with E-state index in [0.717, 1.165) is 17.7 Å². The second-order valence-corrected chi connectivity index (χ2v) is 6.70. The fourth-order valence-corrected chi connectivity index (χ4v) is 3.21. The van der Waals surface area contributed by atoms with Gasteiger partial charge in [-0.15, -0.1) is 5.10 Å². The van der Waals surface area contributed by atoms with Gasteiger partial charge in [-0.25, -0.2) is 13.5 Å². The van der Waals surface area contributed by atoms with E-state index in [-0.39, 0.29) is 0 Å². The van der Waals surface area contributed by atoms with Gasteiger partial charge in [-0.2, -0.15) is 0 Å². The molecule has 0 spiro atoms. The molecule has 1 N–H and O–H groups in total. The van der Waals surface area contributed by atoms with Crippen LogP contribution in [0.15, 0.2) is 66.9 Å². The van der Waals surface area contributed by atoms with Crippen LogP contribution in [-0.4, -0.2) is 35.1 Å². The van der Waals surface area contributed by atoms with Crippen molar-refractivity contribution in [3.8, 4) is 28.4 Å². The number of ether oxygens (including phenoxy) is 2. The fraction of sp³-hybridized carbons (Fsp3) is 0.0870. The van der Waals surface area contributed by atoms with Crippen LogP contribution in [0.3, 0.4) is 0 Å². The van der Waals surface area contributed by atoms with E-state index in [4.69, 9.17) is 9.47 Å². The van der Waals surface area contributed by atoms with Crippen molar-refractivity contribution in [1.82, 2.24) is 15.0 Å². The Hall–Kier alpha value is -4.27. The Morgan fingerprint density at radius 2 is 1.62 bits per heavy atom. The maximum absolute atomic E-state index is 13.8. The van der Waals surface area contributed by atoms with Crippen molar-refractivity contribution in [3.05, 3.63) is 84.1 Å². The summed E-state index contributed by atoms with van der Waals surface area (Å²) < 4.78 is 39.9. The van der Waals surface area contributed by atoms with Crippen LogP contribution in [0, 0.1) is 11.6 Å². The minimum atomic E-state index is -0.929. The largest absolute Gasteiger partial charge is 0.493 e. The van der Waals surface area contributed by atoms with Gasteiger partial charge in [0.1, 0.15) is 17.2 Å². The number of carbonyl (C=O) groups excluding carboxylic acids is 1. The lowest BCUT2D eigenvalue weighted by molar-refractivity contribution is 0.101. The van der Waals surface area contributed by atoms with Gasteiger partial charge in [0.05, 0.1) is 31.8 Å². The molecule has 0 radical (unpaired) electrons. The summed E-state index contributed by atoms with van der Waals surface area (Å²) >= 11 is 0. The smallest absolute Gasteiger partial charge is 0.261 e. The van der Waals surface area contributed by atoms with E-state index in [1.807, 2.05) is 12.1 Å². The molecule has 1 aromatic heterocycles. The van der Waals surface area contributed by atoms with Crippen LogP contribution in [0.2, 0.25) is 0 Å². The molecule has 0 unspecified atom stereocenters. The van der Waals surface area contributed by atoms with Crippen molar-refractivity contribution in [3.63, 3.8) is 0 Å². The van der Waals surface area contributed by atoms with Gasteiger partial charge >= 0.3 is 0 Å². The number of carbonyl (C=O) groups is 1. The van der Waals surface area contributed by atoms with Crippen LogP contribution in [0.4, 0.5) is 14.5 Å². The molecule has 1 amide bonds. The first-order chi connectivity index (χ1) is 15.5. The Kier molecular flexibility index (Phi) is 5.80. The topological polar surface area (TPSA) is 78.3 Å². The van der Waals surface area contributed by atoms with E-state index < -0.39 is 23.1 Å². The Morgan fingerprint density at radius 1 is 0.938 bits per heavy atom. The lowest BCUT2D eigenvalue weighted by Crippen LogP contribution is -2.15. The second-order valence-electron chi connectivity index (χ2n) is 6.70. The zero-order valence-corrected chi connectivity index (χ0v) is 17.2. The monoisotopic (exact) mass is 436 g/mol. The number of benzene rings is 3. The SMILES string of the molecule is COc1ccc(-c2cnnn2-c2ccc(NC(=O)c3c(F)cccc3F)cc2)cc1OC. The van der Waals surface area contributed by atoms with Gasteiger partial charge in [0.25, 0.3) is 5.91 Å². The van der Waals surface area contributed by atoms with Gasteiger partial charge in [0, 0.05) is 11.3 Å². The van der Waals surface area contributed by atoms with Crippen LogP contribution < -0.4 is 14.8 Å². The zero-order valence-electron chi connectivity index (χ0n) is 17.2. The number of hydrogen-bond acceptors (Lipinski definition) is 5. The highest BCUT2D eigenvalue weighted by atomic mass is 19.1. The summed E-state index contributed by atoms with van der Waals surface area (Å²) in [7, 11) is 3.11. The van der Waals surface area contributed by atoms with Crippen LogP contribution in [-0.2, 0) is 0 Å². The van der Waals surface area contributed by atoms with Crippen molar-refractivity contribution in [2.24, 2.45) is 0 Å². The normalized spacial score (nSPS) is 10.6. The molecule has 0 saturated carbocycles. The van der Waals surface area contributed by atoms with Crippen LogP contribution >= 0.6 is 0 Å². The van der Waals surface area contributed by atoms with Gasteiger partial charge < -0.3 is 14.8 Å². The van der Waals surface area contributed by atoms with Crippen molar-refractivity contribution in [2.75, 3.05) is 19.5 Å². The lowest BCUT2D eigenvalue weighted by Gasteiger charge is -2.11. The highest BCUT2D eigenvalue weighted by Crippen LogP contribution is 2.32. The van der Waals surface area contributed by atoms with E-state index in [2.05, 4.69) is 15.6 Å². The molecule has 7 nitrogen and oxygen atoms in total. The van der Waals surface area contributed by atoms with E-state index >= 15 is 0 Å². The first kappa shape index (κ1) is 21.0. The molecule has 0 bridgehead atoms. The molecule has 3 aromatic carbocycles. The second kappa shape index (κ2) is 8.84. The molecule has 0 aliphatic rings. The number of rotatable bonds is 6. The summed E-state index contributed by atoms with van der Waals surface area (Å²) in [6, 6.07) is 15.3. The van der Waals surface area contributed by atoms with Crippen molar-refractivity contribution < 1.29 is 23.0 Å². The average molecular weight is 436 g/mol. The number of methoxy groups -OCH3 is 2. The third kappa shape index (κ3) is 4.00. The summed E-state index contributed by atoms with van der Waals surface area (Å²) in [6.07, 6.45) is 1.61. The molecule has 0 aliphatic carbocycles. The lowest BCUT2D eigenvalue weighted by atomic mass is 10.1. The molecule has 162 valence electrons. The molecule has 0 atom stereocenters.